The number of amides is 2. The molecular weight excluding hydrogens is 404 g/mol. The zero-order valence-electron chi connectivity index (χ0n) is 15.6. The Morgan fingerprint density at radius 1 is 1.34 bits per heavy atom. The summed E-state index contributed by atoms with van der Waals surface area (Å²) in [6.07, 6.45) is 9.08. The Morgan fingerprint density at radius 3 is 2.90 bits per heavy atom. The van der Waals surface area contributed by atoms with Crippen LogP contribution in [0, 0.1) is 11.3 Å². The lowest BCUT2D eigenvalue weighted by molar-refractivity contribution is -0.128. The lowest BCUT2D eigenvalue weighted by Gasteiger charge is -2.27. The molecule has 0 saturated carbocycles. The molecule has 4 rings (SSSR count). The maximum absolute atomic E-state index is 12.8. The minimum atomic E-state index is -0.529. The van der Waals surface area contributed by atoms with Crippen LogP contribution in [0.15, 0.2) is 36.6 Å². The van der Waals surface area contributed by atoms with Gasteiger partial charge in [-0.3, -0.25) is 19.8 Å². The molecule has 29 heavy (non-hydrogen) atoms. The van der Waals surface area contributed by atoms with Crippen LogP contribution in [0.2, 0.25) is 0 Å². The molecule has 1 aliphatic carbocycles. The van der Waals surface area contributed by atoms with Crippen molar-refractivity contribution in [3.8, 4) is 11.1 Å². The first kappa shape index (κ1) is 19.3. The number of rotatable bonds is 4. The van der Waals surface area contributed by atoms with Gasteiger partial charge in [0.15, 0.2) is 5.11 Å². The van der Waals surface area contributed by atoms with Crippen LogP contribution < -0.4 is 5.32 Å². The largest absolute Gasteiger partial charge is 0.308 e. The number of carbonyl (C=O) groups excluding carboxylic acids is 2. The van der Waals surface area contributed by atoms with E-state index in [0.29, 0.717) is 11.3 Å². The van der Waals surface area contributed by atoms with Gasteiger partial charge in [0.25, 0.3) is 11.8 Å². The van der Waals surface area contributed by atoms with E-state index < -0.39 is 11.8 Å². The van der Waals surface area contributed by atoms with Gasteiger partial charge in [0, 0.05) is 23.3 Å². The predicted molar refractivity (Wildman–Crippen MR) is 116 cm³/mol. The molecule has 8 heteroatoms. The van der Waals surface area contributed by atoms with E-state index in [0.717, 1.165) is 36.2 Å². The van der Waals surface area contributed by atoms with Crippen LogP contribution >= 0.6 is 23.6 Å². The summed E-state index contributed by atoms with van der Waals surface area (Å²) in [5.74, 6) is -0.989. The fraction of sp³-hybridized carbons (Fsp3) is 0.238. The van der Waals surface area contributed by atoms with Crippen molar-refractivity contribution in [2.75, 3.05) is 6.54 Å². The Bertz CT molecular complexity index is 1120. The first-order chi connectivity index (χ1) is 14.0. The molecule has 1 aliphatic heterocycles. The molecule has 0 radical (unpaired) electrons. The summed E-state index contributed by atoms with van der Waals surface area (Å²) in [4.78, 5) is 27.8. The van der Waals surface area contributed by atoms with E-state index >= 15 is 0 Å². The number of thiocarbonyl (C=S) groups is 1. The van der Waals surface area contributed by atoms with E-state index in [2.05, 4.69) is 18.0 Å². The summed E-state index contributed by atoms with van der Waals surface area (Å²) >= 11 is 6.70. The van der Waals surface area contributed by atoms with Crippen LogP contribution in [0.3, 0.4) is 0 Å². The molecule has 0 unspecified atom stereocenters. The van der Waals surface area contributed by atoms with E-state index in [-0.39, 0.29) is 17.2 Å². The van der Waals surface area contributed by atoms with Gasteiger partial charge in [-0.05, 0) is 61.7 Å². The van der Waals surface area contributed by atoms with Crippen molar-refractivity contribution in [2.45, 2.75) is 25.7 Å². The Morgan fingerprint density at radius 2 is 2.14 bits per heavy atom. The van der Waals surface area contributed by atoms with Crippen molar-refractivity contribution in [2.24, 2.45) is 0 Å². The molecule has 0 aromatic carbocycles. The number of nitriles is 1. The fourth-order valence-electron chi connectivity index (χ4n) is 3.67. The first-order valence-corrected chi connectivity index (χ1v) is 10.5. The van der Waals surface area contributed by atoms with Gasteiger partial charge in [-0.1, -0.05) is 6.08 Å². The molecule has 3 heterocycles. The van der Waals surface area contributed by atoms with Gasteiger partial charge in [0.05, 0.1) is 5.56 Å². The second kappa shape index (κ2) is 7.78. The van der Waals surface area contributed by atoms with E-state index in [4.69, 9.17) is 12.2 Å². The lowest BCUT2D eigenvalue weighted by Crippen LogP contribution is -2.53. The highest BCUT2D eigenvalue weighted by Crippen LogP contribution is 2.37. The number of nitrogens with zero attached hydrogens (tertiary/aromatic N) is 3. The first-order valence-electron chi connectivity index (χ1n) is 9.27. The van der Waals surface area contributed by atoms with E-state index in [1.807, 2.05) is 22.9 Å². The van der Waals surface area contributed by atoms with Crippen LogP contribution in [0.25, 0.3) is 11.1 Å². The third-order valence-electron chi connectivity index (χ3n) is 5.05. The number of hydrogen-bond acceptors (Lipinski definition) is 5. The van der Waals surface area contributed by atoms with Gasteiger partial charge in [0.2, 0.25) is 0 Å². The fourth-order valence-corrected chi connectivity index (χ4v) is 5.26. The van der Waals surface area contributed by atoms with Crippen molar-refractivity contribution in [3.05, 3.63) is 58.3 Å². The third-order valence-corrected chi connectivity index (χ3v) is 6.67. The highest BCUT2D eigenvalue weighted by Gasteiger charge is 2.33. The molecule has 1 fully saturated rings. The van der Waals surface area contributed by atoms with Crippen molar-refractivity contribution in [1.29, 1.82) is 5.26 Å². The van der Waals surface area contributed by atoms with Crippen LogP contribution in [-0.4, -0.2) is 32.9 Å². The topological polar surface area (TPSA) is 78.1 Å². The Hall–Kier alpha value is -3.02. The van der Waals surface area contributed by atoms with Crippen LogP contribution in [-0.2, 0) is 22.4 Å². The van der Waals surface area contributed by atoms with Crippen LogP contribution in [0.4, 0.5) is 0 Å². The monoisotopic (exact) mass is 422 g/mol. The molecule has 2 aliphatic rings. The van der Waals surface area contributed by atoms with Gasteiger partial charge in [-0.2, -0.15) is 5.26 Å². The minimum Gasteiger partial charge on any atom is -0.308 e. The highest BCUT2D eigenvalue weighted by atomic mass is 32.1. The second-order valence-corrected chi connectivity index (χ2v) is 8.30. The van der Waals surface area contributed by atoms with Gasteiger partial charge in [0.1, 0.15) is 16.6 Å². The molecule has 1 saturated heterocycles. The minimum absolute atomic E-state index is 0.000210. The van der Waals surface area contributed by atoms with Crippen molar-refractivity contribution >= 4 is 46.6 Å². The molecule has 0 spiro atoms. The number of aromatic nitrogens is 1. The van der Waals surface area contributed by atoms with E-state index in [1.54, 1.807) is 23.5 Å². The molecule has 2 aromatic rings. The lowest BCUT2D eigenvalue weighted by atomic mass is 9.96. The Balaban J connectivity index is 1.78. The van der Waals surface area contributed by atoms with E-state index in [1.165, 1.54) is 9.78 Å². The summed E-state index contributed by atoms with van der Waals surface area (Å²) in [5, 5.41) is 13.2. The Labute approximate surface area is 177 Å². The van der Waals surface area contributed by atoms with Crippen molar-refractivity contribution < 1.29 is 9.59 Å². The van der Waals surface area contributed by atoms with Gasteiger partial charge in [-0.25, -0.2) is 0 Å². The molecule has 2 amide bonds. The number of hydrogen-bond donors (Lipinski definition) is 1. The number of nitrogens with one attached hydrogen (secondary N) is 1. The molecule has 146 valence electrons. The number of carbonyl (C=O) groups is 2. The zero-order chi connectivity index (χ0) is 20.5. The van der Waals surface area contributed by atoms with E-state index in [9.17, 15) is 14.9 Å². The third kappa shape index (κ3) is 3.33. The quantitative estimate of drug-likeness (QED) is 0.355. The summed E-state index contributed by atoms with van der Waals surface area (Å²) in [6.45, 7) is 3.84. The highest BCUT2D eigenvalue weighted by molar-refractivity contribution is 7.80. The van der Waals surface area contributed by atoms with Gasteiger partial charge in [-0.15, -0.1) is 17.9 Å². The molecule has 1 N–H and O–H groups in total. The smallest absolute Gasteiger partial charge is 0.266 e. The maximum Gasteiger partial charge on any atom is 0.266 e. The molecule has 6 nitrogen and oxygen atoms in total. The maximum atomic E-state index is 12.8. The molecule has 0 bridgehead atoms. The average Bonchev–Trinajstić information content (AvgIpc) is 3.31. The van der Waals surface area contributed by atoms with Crippen LogP contribution in [0.1, 0.15) is 34.5 Å². The zero-order valence-corrected chi connectivity index (χ0v) is 17.2. The molecular formula is C21H18N4O2S2. The SMILES string of the molecule is C=CCN1C(=O)/C(=C/c2cccn2-c2sc3c(c2C#N)CCCC3)C(=O)NC1=S. The number of thiophene rings is 1. The molecule has 0 atom stereocenters. The van der Waals surface area contributed by atoms with Crippen molar-refractivity contribution in [3.63, 3.8) is 0 Å². The van der Waals surface area contributed by atoms with Gasteiger partial charge < -0.3 is 4.57 Å². The average molecular weight is 423 g/mol. The second-order valence-electron chi connectivity index (χ2n) is 6.83. The van der Waals surface area contributed by atoms with Crippen LogP contribution in [0.5, 0.6) is 0 Å². The number of aryl methyl sites for hydroxylation is 1. The summed E-state index contributed by atoms with van der Waals surface area (Å²) in [6, 6.07) is 6.01. The Kier molecular flexibility index (Phi) is 5.18. The number of fused-ring (bicyclic) bond motifs is 1. The normalized spacial score (nSPS) is 17.8. The standard InChI is InChI=1S/C21H18N4O2S2/c1-2-9-25-19(27)15(18(26)23-21(25)28)11-13-6-5-10-24(13)20-16(12-22)14-7-3-4-8-17(14)29-20/h2,5-6,10-11H,1,3-4,7-9H2,(H,23,26,28)/b15-11+. The summed E-state index contributed by atoms with van der Waals surface area (Å²) in [5.41, 5.74) is 2.49. The predicted octanol–water partition coefficient (Wildman–Crippen LogP) is 3.10. The summed E-state index contributed by atoms with van der Waals surface area (Å²) < 4.78 is 1.87. The van der Waals surface area contributed by atoms with Crippen molar-refractivity contribution in [1.82, 2.24) is 14.8 Å². The van der Waals surface area contributed by atoms with Gasteiger partial charge >= 0.3 is 0 Å². The summed E-state index contributed by atoms with van der Waals surface area (Å²) in [7, 11) is 0. The molecule has 2 aromatic heterocycles.